The summed E-state index contributed by atoms with van der Waals surface area (Å²) >= 11 is 5.76. The van der Waals surface area contributed by atoms with Crippen LogP contribution < -0.4 is 10.6 Å². The summed E-state index contributed by atoms with van der Waals surface area (Å²) in [4.78, 5) is 23.1. The number of benzene rings is 1. The Balaban J connectivity index is 1.96. The van der Waals surface area contributed by atoms with E-state index in [0.717, 1.165) is 12.8 Å². The Labute approximate surface area is 126 Å². The SMILES string of the molecule is O=C(NCc1cc(Cl)ccc1F)NC1(C(=O)O)CCCC1. The van der Waals surface area contributed by atoms with Crippen molar-refractivity contribution in [2.45, 2.75) is 37.8 Å². The van der Waals surface area contributed by atoms with E-state index in [1.54, 1.807) is 0 Å². The predicted molar refractivity (Wildman–Crippen MR) is 75.6 cm³/mol. The van der Waals surface area contributed by atoms with E-state index in [4.69, 9.17) is 11.6 Å². The third-order valence-corrected chi connectivity index (χ3v) is 3.90. The Morgan fingerprint density at radius 2 is 2.00 bits per heavy atom. The molecule has 1 aromatic carbocycles. The summed E-state index contributed by atoms with van der Waals surface area (Å²) in [7, 11) is 0. The Morgan fingerprint density at radius 1 is 1.33 bits per heavy atom. The molecule has 5 nitrogen and oxygen atoms in total. The number of carbonyl (C=O) groups excluding carboxylic acids is 1. The van der Waals surface area contributed by atoms with Crippen molar-refractivity contribution >= 4 is 23.6 Å². The Kier molecular flexibility index (Phi) is 4.67. The van der Waals surface area contributed by atoms with Gasteiger partial charge in [0.05, 0.1) is 0 Å². The molecule has 1 saturated carbocycles. The van der Waals surface area contributed by atoms with Crippen molar-refractivity contribution in [2.75, 3.05) is 0 Å². The maximum Gasteiger partial charge on any atom is 0.329 e. The Hall–Kier alpha value is -1.82. The average molecular weight is 315 g/mol. The lowest BCUT2D eigenvalue weighted by molar-refractivity contribution is -0.144. The monoisotopic (exact) mass is 314 g/mol. The maximum absolute atomic E-state index is 13.5. The highest BCUT2D eigenvalue weighted by atomic mass is 35.5. The van der Waals surface area contributed by atoms with E-state index < -0.39 is 23.4 Å². The first-order chi connectivity index (χ1) is 9.93. The van der Waals surface area contributed by atoms with Gasteiger partial charge < -0.3 is 15.7 Å². The van der Waals surface area contributed by atoms with Gasteiger partial charge in [-0.15, -0.1) is 0 Å². The first-order valence-electron chi connectivity index (χ1n) is 6.66. The van der Waals surface area contributed by atoms with Crippen LogP contribution in [0, 0.1) is 5.82 Å². The van der Waals surface area contributed by atoms with Crippen molar-refractivity contribution in [3.05, 3.63) is 34.6 Å². The summed E-state index contributed by atoms with van der Waals surface area (Å²) in [5.74, 6) is -1.52. The lowest BCUT2D eigenvalue weighted by Crippen LogP contribution is -2.55. The minimum atomic E-state index is -1.21. The molecule has 21 heavy (non-hydrogen) atoms. The standard InChI is InChI=1S/C14H16ClFN2O3/c15-10-3-4-11(16)9(7-10)8-17-13(21)18-14(12(19)20)5-1-2-6-14/h3-4,7H,1-2,5-6,8H2,(H,19,20)(H2,17,18,21). The minimum absolute atomic E-state index is 0.0616. The Bertz CT molecular complexity index is 559. The zero-order valence-corrected chi connectivity index (χ0v) is 12.0. The number of carboxylic acid groups (broad SMARTS) is 1. The van der Waals surface area contributed by atoms with Gasteiger partial charge in [-0.05, 0) is 31.0 Å². The van der Waals surface area contributed by atoms with Gasteiger partial charge in [0.1, 0.15) is 11.4 Å². The number of hydrogen-bond donors (Lipinski definition) is 3. The molecule has 0 atom stereocenters. The Morgan fingerprint density at radius 3 is 2.62 bits per heavy atom. The molecule has 3 N–H and O–H groups in total. The number of rotatable bonds is 4. The van der Waals surface area contributed by atoms with Crippen LogP contribution in [0.15, 0.2) is 18.2 Å². The summed E-state index contributed by atoms with van der Waals surface area (Å²) in [6.07, 6.45) is 2.33. The van der Waals surface area contributed by atoms with Gasteiger partial charge >= 0.3 is 12.0 Å². The van der Waals surface area contributed by atoms with Gasteiger partial charge in [-0.2, -0.15) is 0 Å². The van der Waals surface area contributed by atoms with Gasteiger partial charge in [-0.25, -0.2) is 14.0 Å². The van der Waals surface area contributed by atoms with Crippen molar-refractivity contribution in [3.8, 4) is 0 Å². The molecule has 1 aromatic rings. The highest BCUT2D eigenvalue weighted by molar-refractivity contribution is 6.30. The second kappa shape index (κ2) is 6.30. The van der Waals surface area contributed by atoms with Crippen LogP contribution in [-0.4, -0.2) is 22.6 Å². The maximum atomic E-state index is 13.5. The van der Waals surface area contributed by atoms with Gasteiger partial charge in [-0.3, -0.25) is 0 Å². The predicted octanol–water partition coefficient (Wildman–Crippen LogP) is 2.68. The van der Waals surface area contributed by atoms with Crippen LogP contribution in [0.1, 0.15) is 31.2 Å². The van der Waals surface area contributed by atoms with Gasteiger partial charge in [0.15, 0.2) is 0 Å². The smallest absolute Gasteiger partial charge is 0.329 e. The second-order valence-electron chi connectivity index (χ2n) is 5.14. The van der Waals surface area contributed by atoms with Crippen LogP contribution >= 0.6 is 11.6 Å². The molecule has 0 aromatic heterocycles. The van der Waals surface area contributed by atoms with Crippen LogP contribution in [-0.2, 0) is 11.3 Å². The third-order valence-electron chi connectivity index (χ3n) is 3.67. The van der Waals surface area contributed by atoms with Crippen LogP contribution in [0.4, 0.5) is 9.18 Å². The molecule has 2 rings (SSSR count). The van der Waals surface area contributed by atoms with E-state index >= 15 is 0 Å². The van der Waals surface area contributed by atoms with E-state index in [-0.39, 0.29) is 12.1 Å². The third kappa shape index (κ3) is 3.64. The number of aliphatic carboxylic acids is 1. The first kappa shape index (κ1) is 15.6. The van der Waals surface area contributed by atoms with E-state index in [2.05, 4.69) is 10.6 Å². The number of nitrogens with one attached hydrogen (secondary N) is 2. The highest BCUT2D eigenvalue weighted by Crippen LogP contribution is 2.29. The minimum Gasteiger partial charge on any atom is -0.480 e. The number of hydrogen-bond acceptors (Lipinski definition) is 2. The van der Waals surface area contributed by atoms with Crippen molar-refractivity contribution in [2.24, 2.45) is 0 Å². The topological polar surface area (TPSA) is 78.4 Å². The molecule has 0 bridgehead atoms. The fourth-order valence-electron chi connectivity index (χ4n) is 2.49. The lowest BCUT2D eigenvalue weighted by Gasteiger charge is -2.25. The molecule has 0 unspecified atom stereocenters. The molecular weight excluding hydrogens is 299 g/mol. The molecule has 0 heterocycles. The van der Waals surface area contributed by atoms with Crippen LogP contribution in [0.3, 0.4) is 0 Å². The first-order valence-corrected chi connectivity index (χ1v) is 7.04. The van der Waals surface area contributed by atoms with Crippen LogP contribution in [0.25, 0.3) is 0 Å². The lowest BCUT2D eigenvalue weighted by atomic mass is 9.98. The van der Waals surface area contributed by atoms with E-state index in [1.807, 2.05) is 0 Å². The largest absolute Gasteiger partial charge is 0.480 e. The van der Waals surface area contributed by atoms with Crippen molar-refractivity contribution in [1.29, 1.82) is 0 Å². The van der Waals surface area contributed by atoms with E-state index in [9.17, 15) is 19.1 Å². The number of halogens is 2. The van der Waals surface area contributed by atoms with E-state index in [1.165, 1.54) is 18.2 Å². The molecule has 114 valence electrons. The van der Waals surface area contributed by atoms with Gasteiger partial charge in [0.2, 0.25) is 0 Å². The van der Waals surface area contributed by atoms with Gasteiger partial charge in [0, 0.05) is 17.1 Å². The fourth-order valence-corrected chi connectivity index (χ4v) is 2.68. The summed E-state index contributed by atoms with van der Waals surface area (Å²) in [6.45, 7) is -0.0616. The fraction of sp³-hybridized carbons (Fsp3) is 0.429. The molecule has 0 aliphatic heterocycles. The van der Waals surface area contributed by atoms with Crippen molar-refractivity contribution in [1.82, 2.24) is 10.6 Å². The number of amides is 2. The quantitative estimate of drug-likeness (QED) is 0.799. The normalized spacial score (nSPS) is 16.5. The number of urea groups is 1. The van der Waals surface area contributed by atoms with E-state index in [0.29, 0.717) is 17.9 Å². The molecular formula is C14H16ClFN2O3. The van der Waals surface area contributed by atoms with Crippen molar-refractivity contribution < 1.29 is 19.1 Å². The molecule has 1 aliphatic carbocycles. The highest BCUT2D eigenvalue weighted by Gasteiger charge is 2.42. The molecule has 7 heteroatoms. The number of carboxylic acids is 1. The molecule has 2 amide bonds. The average Bonchev–Trinajstić information content (AvgIpc) is 2.89. The molecule has 0 spiro atoms. The number of carbonyl (C=O) groups is 2. The summed E-state index contributed by atoms with van der Waals surface area (Å²) in [5.41, 5.74) is -0.967. The van der Waals surface area contributed by atoms with Crippen molar-refractivity contribution in [3.63, 3.8) is 0 Å². The molecule has 0 radical (unpaired) electrons. The zero-order chi connectivity index (χ0) is 15.5. The molecule has 1 aliphatic rings. The summed E-state index contributed by atoms with van der Waals surface area (Å²) in [5, 5.41) is 14.6. The summed E-state index contributed by atoms with van der Waals surface area (Å²) in [6, 6.07) is 3.42. The van der Waals surface area contributed by atoms with Crippen LogP contribution in [0.2, 0.25) is 5.02 Å². The second-order valence-corrected chi connectivity index (χ2v) is 5.57. The summed E-state index contributed by atoms with van der Waals surface area (Å²) < 4.78 is 13.5. The van der Waals surface area contributed by atoms with Crippen LogP contribution in [0.5, 0.6) is 0 Å². The zero-order valence-electron chi connectivity index (χ0n) is 11.3. The molecule has 1 fully saturated rings. The van der Waals surface area contributed by atoms with Gasteiger partial charge in [0.25, 0.3) is 0 Å². The molecule has 0 saturated heterocycles. The van der Waals surface area contributed by atoms with Gasteiger partial charge in [-0.1, -0.05) is 24.4 Å².